The maximum atomic E-state index is 13.3. The number of rotatable bonds is 1. The van der Waals surface area contributed by atoms with Gasteiger partial charge in [0.05, 0.1) is 5.60 Å². The zero-order valence-corrected chi connectivity index (χ0v) is 7.27. The number of halogens is 2. The molecule has 1 nitrogen and oxygen atoms in total. The van der Waals surface area contributed by atoms with E-state index >= 15 is 0 Å². The van der Waals surface area contributed by atoms with Crippen molar-refractivity contribution in [2.45, 2.75) is 25.4 Å². The zero-order valence-electron chi connectivity index (χ0n) is 7.27. The molecule has 0 spiro atoms. The van der Waals surface area contributed by atoms with Crippen LogP contribution in [0.2, 0.25) is 0 Å². The summed E-state index contributed by atoms with van der Waals surface area (Å²) in [4.78, 5) is 0. The van der Waals surface area contributed by atoms with Crippen LogP contribution in [0.1, 0.15) is 24.0 Å². The van der Waals surface area contributed by atoms with Gasteiger partial charge >= 0.3 is 0 Å². The van der Waals surface area contributed by atoms with Gasteiger partial charge < -0.3 is 5.11 Å². The average Bonchev–Trinajstić information content (AvgIpc) is 2.80. The SMILES string of the molecule is Cc1ccc(C2(O)CC2)c(F)c1F. The van der Waals surface area contributed by atoms with E-state index in [1.807, 2.05) is 0 Å². The van der Waals surface area contributed by atoms with Crippen LogP contribution < -0.4 is 0 Å². The Morgan fingerprint density at radius 3 is 2.38 bits per heavy atom. The topological polar surface area (TPSA) is 20.2 Å². The van der Waals surface area contributed by atoms with Crippen molar-refractivity contribution in [2.24, 2.45) is 0 Å². The predicted octanol–water partition coefficient (Wildman–Crippen LogP) is 2.25. The molecule has 0 saturated heterocycles. The Bertz CT molecular complexity index is 356. The first-order chi connectivity index (χ1) is 6.04. The highest BCUT2D eigenvalue weighted by atomic mass is 19.2. The number of hydrogen-bond donors (Lipinski definition) is 1. The second-order valence-electron chi connectivity index (χ2n) is 3.59. The van der Waals surface area contributed by atoms with Crippen molar-refractivity contribution in [1.29, 1.82) is 0 Å². The molecule has 0 atom stereocenters. The first-order valence-corrected chi connectivity index (χ1v) is 4.22. The van der Waals surface area contributed by atoms with Gasteiger partial charge in [-0.05, 0) is 25.3 Å². The normalized spacial score (nSPS) is 18.8. The van der Waals surface area contributed by atoms with Gasteiger partial charge in [-0.1, -0.05) is 12.1 Å². The quantitative estimate of drug-likeness (QED) is 0.709. The van der Waals surface area contributed by atoms with Crippen LogP contribution in [-0.2, 0) is 5.60 Å². The summed E-state index contributed by atoms with van der Waals surface area (Å²) in [5.74, 6) is -1.75. The molecule has 0 heterocycles. The van der Waals surface area contributed by atoms with E-state index in [4.69, 9.17) is 0 Å². The van der Waals surface area contributed by atoms with E-state index in [9.17, 15) is 13.9 Å². The van der Waals surface area contributed by atoms with E-state index in [0.29, 0.717) is 12.8 Å². The van der Waals surface area contributed by atoms with Crippen LogP contribution in [0.15, 0.2) is 12.1 Å². The van der Waals surface area contributed by atoms with Crippen LogP contribution in [0.3, 0.4) is 0 Å². The molecule has 13 heavy (non-hydrogen) atoms. The second-order valence-corrected chi connectivity index (χ2v) is 3.59. The van der Waals surface area contributed by atoms with Crippen molar-refractivity contribution in [3.8, 4) is 0 Å². The van der Waals surface area contributed by atoms with Crippen molar-refractivity contribution in [3.63, 3.8) is 0 Å². The summed E-state index contributed by atoms with van der Waals surface area (Å²) in [5, 5.41) is 9.59. The van der Waals surface area contributed by atoms with Crippen LogP contribution in [0.5, 0.6) is 0 Å². The fourth-order valence-corrected chi connectivity index (χ4v) is 1.39. The van der Waals surface area contributed by atoms with Gasteiger partial charge in [0.25, 0.3) is 0 Å². The highest BCUT2D eigenvalue weighted by Gasteiger charge is 2.44. The molecule has 1 saturated carbocycles. The average molecular weight is 184 g/mol. The minimum Gasteiger partial charge on any atom is -0.385 e. The Balaban J connectivity index is 2.54. The molecule has 1 aromatic carbocycles. The summed E-state index contributed by atoms with van der Waals surface area (Å²) in [5.41, 5.74) is -0.736. The molecular formula is C10H10F2O. The van der Waals surface area contributed by atoms with Crippen molar-refractivity contribution in [1.82, 2.24) is 0 Å². The Morgan fingerprint density at radius 2 is 1.85 bits per heavy atom. The van der Waals surface area contributed by atoms with Gasteiger partial charge in [0.15, 0.2) is 11.6 Å². The van der Waals surface area contributed by atoms with Crippen molar-refractivity contribution < 1.29 is 13.9 Å². The minimum absolute atomic E-state index is 0.0931. The molecule has 3 heteroatoms. The van der Waals surface area contributed by atoms with Crippen LogP contribution in [0.4, 0.5) is 8.78 Å². The lowest BCUT2D eigenvalue weighted by molar-refractivity contribution is 0.145. The lowest BCUT2D eigenvalue weighted by Crippen LogP contribution is -2.09. The summed E-state index contributed by atoms with van der Waals surface area (Å²) in [6.45, 7) is 1.50. The second kappa shape index (κ2) is 2.51. The predicted molar refractivity (Wildman–Crippen MR) is 44.2 cm³/mol. The summed E-state index contributed by atoms with van der Waals surface area (Å²) in [6.07, 6.45) is 1.04. The molecule has 0 amide bonds. The molecule has 0 radical (unpaired) electrons. The molecule has 70 valence electrons. The number of hydrogen-bond acceptors (Lipinski definition) is 1. The molecular weight excluding hydrogens is 174 g/mol. The highest BCUT2D eigenvalue weighted by molar-refractivity contribution is 5.32. The van der Waals surface area contributed by atoms with Crippen molar-refractivity contribution >= 4 is 0 Å². The van der Waals surface area contributed by atoms with Crippen LogP contribution in [0, 0.1) is 18.6 Å². The molecule has 1 aromatic rings. The van der Waals surface area contributed by atoms with Crippen LogP contribution in [-0.4, -0.2) is 5.11 Å². The van der Waals surface area contributed by atoms with Gasteiger partial charge in [0.1, 0.15) is 0 Å². The standard InChI is InChI=1S/C10H10F2O/c1-6-2-3-7(9(12)8(6)11)10(13)4-5-10/h2-3,13H,4-5H2,1H3. The highest BCUT2D eigenvalue weighted by Crippen LogP contribution is 2.46. The molecule has 1 N–H and O–H groups in total. The van der Waals surface area contributed by atoms with E-state index in [0.717, 1.165) is 0 Å². The number of aliphatic hydroxyl groups is 1. The van der Waals surface area contributed by atoms with Crippen molar-refractivity contribution in [2.75, 3.05) is 0 Å². The molecule has 0 unspecified atom stereocenters. The molecule has 2 rings (SSSR count). The first-order valence-electron chi connectivity index (χ1n) is 4.22. The third-order valence-corrected chi connectivity index (χ3v) is 2.50. The van der Waals surface area contributed by atoms with Crippen LogP contribution >= 0.6 is 0 Å². The monoisotopic (exact) mass is 184 g/mol. The van der Waals surface area contributed by atoms with E-state index in [1.54, 1.807) is 0 Å². The summed E-state index contributed by atoms with van der Waals surface area (Å²) < 4.78 is 26.3. The summed E-state index contributed by atoms with van der Waals surface area (Å²) in [6, 6.07) is 2.95. The molecule has 1 aliphatic carbocycles. The summed E-state index contributed by atoms with van der Waals surface area (Å²) >= 11 is 0. The van der Waals surface area contributed by atoms with Gasteiger partial charge in [0.2, 0.25) is 0 Å². The van der Waals surface area contributed by atoms with Crippen molar-refractivity contribution in [3.05, 3.63) is 34.9 Å². The molecule has 1 aliphatic rings. The largest absolute Gasteiger partial charge is 0.385 e. The Labute approximate surface area is 75.0 Å². The van der Waals surface area contributed by atoms with Crippen LogP contribution in [0.25, 0.3) is 0 Å². The molecule has 0 aromatic heterocycles. The summed E-state index contributed by atoms with van der Waals surface area (Å²) in [7, 11) is 0. The maximum absolute atomic E-state index is 13.3. The van der Waals surface area contributed by atoms with Gasteiger partial charge in [-0.25, -0.2) is 8.78 Å². The lowest BCUT2D eigenvalue weighted by atomic mass is 10.0. The van der Waals surface area contributed by atoms with E-state index in [1.165, 1.54) is 19.1 Å². The minimum atomic E-state index is -1.10. The third-order valence-electron chi connectivity index (χ3n) is 2.50. The van der Waals surface area contributed by atoms with Gasteiger partial charge in [-0.15, -0.1) is 0 Å². The Kier molecular flexibility index (Phi) is 1.67. The van der Waals surface area contributed by atoms with Gasteiger partial charge in [0, 0.05) is 5.56 Å². The fraction of sp³-hybridized carbons (Fsp3) is 0.400. The smallest absolute Gasteiger partial charge is 0.165 e. The fourth-order valence-electron chi connectivity index (χ4n) is 1.39. The molecule has 0 bridgehead atoms. The number of aryl methyl sites for hydroxylation is 1. The Morgan fingerprint density at radius 1 is 1.23 bits per heavy atom. The van der Waals surface area contributed by atoms with E-state index in [2.05, 4.69) is 0 Å². The Hall–Kier alpha value is -0.960. The zero-order chi connectivity index (χ0) is 9.64. The van der Waals surface area contributed by atoms with E-state index in [-0.39, 0.29) is 11.1 Å². The lowest BCUT2D eigenvalue weighted by Gasteiger charge is -2.10. The third kappa shape index (κ3) is 1.23. The van der Waals surface area contributed by atoms with Gasteiger partial charge in [-0.2, -0.15) is 0 Å². The first kappa shape index (κ1) is 8.63. The van der Waals surface area contributed by atoms with E-state index < -0.39 is 17.2 Å². The van der Waals surface area contributed by atoms with Gasteiger partial charge in [-0.3, -0.25) is 0 Å². The molecule has 1 fully saturated rings. The molecule has 0 aliphatic heterocycles. The number of benzene rings is 1. The maximum Gasteiger partial charge on any atom is 0.165 e.